The fraction of sp³-hybridized carbons (Fsp3) is 0.500. The lowest BCUT2D eigenvalue weighted by Crippen LogP contribution is -2.43. The van der Waals surface area contributed by atoms with Crippen molar-refractivity contribution in [2.45, 2.75) is 18.5 Å². The molecular formula is C10H12BrN3. The molecule has 0 aliphatic carbocycles. The number of hydrogen-bond donors (Lipinski definition) is 1. The van der Waals surface area contributed by atoms with Gasteiger partial charge in [0.15, 0.2) is 0 Å². The summed E-state index contributed by atoms with van der Waals surface area (Å²) in [6.45, 7) is 2.25. The summed E-state index contributed by atoms with van der Waals surface area (Å²) < 4.78 is 1.06. The number of pyridine rings is 1. The maximum Gasteiger partial charge on any atom is 0.0567 e. The molecule has 2 unspecified atom stereocenters. The van der Waals surface area contributed by atoms with Gasteiger partial charge in [-0.3, -0.25) is 4.98 Å². The summed E-state index contributed by atoms with van der Waals surface area (Å²) in [5.41, 5.74) is 1.24. The molecule has 2 fully saturated rings. The highest BCUT2D eigenvalue weighted by atomic mass is 79.9. The molecule has 1 aromatic rings. The van der Waals surface area contributed by atoms with Crippen LogP contribution in [0.1, 0.15) is 6.42 Å². The molecule has 3 heterocycles. The van der Waals surface area contributed by atoms with E-state index in [0.717, 1.165) is 17.6 Å². The molecule has 4 heteroatoms. The predicted molar refractivity (Wildman–Crippen MR) is 59.5 cm³/mol. The first kappa shape index (κ1) is 8.68. The van der Waals surface area contributed by atoms with Crippen LogP contribution in [0, 0.1) is 0 Å². The van der Waals surface area contributed by atoms with Gasteiger partial charge in [-0.15, -0.1) is 0 Å². The van der Waals surface area contributed by atoms with Gasteiger partial charge in [-0.25, -0.2) is 0 Å². The molecule has 14 heavy (non-hydrogen) atoms. The van der Waals surface area contributed by atoms with Gasteiger partial charge in [0.25, 0.3) is 0 Å². The number of halogens is 1. The monoisotopic (exact) mass is 253 g/mol. The Balaban J connectivity index is 1.89. The van der Waals surface area contributed by atoms with Gasteiger partial charge in [0, 0.05) is 35.8 Å². The predicted octanol–water partition coefficient (Wildman–Crippen LogP) is 1.39. The van der Waals surface area contributed by atoms with E-state index in [1.807, 2.05) is 12.4 Å². The highest BCUT2D eigenvalue weighted by molar-refractivity contribution is 9.10. The molecule has 3 nitrogen and oxygen atoms in total. The van der Waals surface area contributed by atoms with E-state index in [-0.39, 0.29) is 0 Å². The third kappa shape index (κ3) is 1.33. The molecule has 0 amide bonds. The van der Waals surface area contributed by atoms with Crippen molar-refractivity contribution in [1.82, 2.24) is 10.3 Å². The van der Waals surface area contributed by atoms with Crippen LogP contribution < -0.4 is 10.2 Å². The summed E-state index contributed by atoms with van der Waals surface area (Å²) in [7, 11) is 0. The molecule has 1 N–H and O–H groups in total. The lowest BCUT2D eigenvalue weighted by Gasteiger charge is -2.29. The van der Waals surface area contributed by atoms with Gasteiger partial charge in [-0.1, -0.05) is 0 Å². The van der Waals surface area contributed by atoms with Gasteiger partial charge in [-0.05, 0) is 28.4 Å². The fourth-order valence-electron chi connectivity index (χ4n) is 2.43. The summed E-state index contributed by atoms with van der Waals surface area (Å²) in [5.74, 6) is 0. The van der Waals surface area contributed by atoms with Gasteiger partial charge >= 0.3 is 0 Å². The average molecular weight is 254 g/mol. The largest absolute Gasteiger partial charge is 0.364 e. The van der Waals surface area contributed by atoms with Gasteiger partial charge < -0.3 is 10.2 Å². The van der Waals surface area contributed by atoms with Crippen LogP contribution >= 0.6 is 15.9 Å². The fourth-order valence-corrected chi connectivity index (χ4v) is 2.79. The zero-order valence-corrected chi connectivity index (χ0v) is 9.37. The van der Waals surface area contributed by atoms with Crippen LogP contribution in [-0.2, 0) is 0 Å². The first-order chi connectivity index (χ1) is 6.83. The first-order valence-corrected chi connectivity index (χ1v) is 5.73. The Bertz CT molecular complexity index is 355. The molecule has 2 aliphatic heterocycles. The molecule has 0 saturated carbocycles. The van der Waals surface area contributed by atoms with E-state index in [1.165, 1.54) is 12.1 Å². The van der Waals surface area contributed by atoms with Crippen LogP contribution in [0.4, 0.5) is 5.69 Å². The number of fused-ring (bicyclic) bond motifs is 2. The van der Waals surface area contributed by atoms with Crippen LogP contribution in [0.2, 0.25) is 0 Å². The number of piperazine rings is 1. The van der Waals surface area contributed by atoms with Crippen LogP contribution in [0.5, 0.6) is 0 Å². The molecule has 3 rings (SSSR count). The van der Waals surface area contributed by atoms with E-state index in [2.05, 4.69) is 37.2 Å². The maximum atomic E-state index is 4.20. The number of anilines is 1. The number of nitrogens with one attached hydrogen (secondary N) is 1. The second-order valence-corrected chi connectivity index (χ2v) is 4.92. The standard InChI is InChI=1S/C10H12BrN3/c11-7-1-9(4-12-3-7)14-6-8-2-10(14)5-13-8/h1,3-4,8,10,13H,2,5-6H2. The molecule has 2 atom stereocenters. The molecule has 2 saturated heterocycles. The Morgan fingerprint density at radius 2 is 2.43 bits per heavy atom. The van der Waals surface area contributed by atoms with Crippen molar-refractivity contribution in [3.8, 4) is 0 Å². The molecular weight excluding hydrogens is 242 g/mol. The van der Waals surface area contributed by atoms with Crippen LogP contribution in [0.3, 0.4) is 0 Å². The number of nitrogens with zero attached hydrogens (tertiary/aromatic N) is 2. The Morgan fingerprint density at radius 1 is 1.50 bits per heavy atom. The van der Waals surface area contributed by atoms with Crippen molar-refractivity contribution in [3.63, 3.8) is 0 Å². The topological polar surface area (TPSA) is 28.2 Å². The molecule has 0 radical (unpaired) electrons. The maximum absolute atomic E-state index is 4.20. The molecule has 2 aliphatic rings. The van der Waals surface area contributed by atoms with Crippen molar-refractivity contribution < 1.29 is 0 Å². The third-order valence-corrected chi connectivity index (χ3v) is 3.51. The van der Waals surface area contributed by atoms with Crippen LogP contribution in [-0.4, -0.2) is 30.2 Å². The van der Waals surface area contributed by atoms with Gasteiger partial charge in [0.1, 0.15) is 0 Å². The lowest BCUT2D eigenvalue weighted by molar-refractivity contribution is 0.579. The summed E-state index contributed by atoms with van der Waals surface area (Å²) in [5, 5.41) is 3.50. The summed E-state index contributed by atoms with van der Waals surface area (Å²) in [6.07, 6.45) is 5.06. The van der Waals surface area contributed by atoms with Gasteiger partial charge in [-0.2, -0.15) is 0 Å². The smallest absolute Gasteiger partial charge is 0.0567 e. The average Bonchev–Trinajstić information content (AvgIpc) is 2.78. The van der Waals surface area contributed by atoms with E-state index < -0.39 is 0 Å². The second kappa shape index (κ2) is 3.21. The highest BCUT2D eigenvalue weighted by Crippen LogP contribution is 2.29. The molecule has 0 spiro atoms. The van der Waals surface area contributed by atoms with E-state index in [0.29, 0.717) is 12.1 Å². The Labute approximate surface area is 91.6 Å². The molecule has 2 bridgehead atoms. The van der Waals surface area contributed by atoms with Crippen molar-refractivity contribution in [3.05, 3.63) is 22.9 Å². The van der Waals surface area contributed by atoms with Crippen LogP contribution in [0.25, 0.3) is 0 Å². The Kier molecular flexibility index (Phi) is 1.99. The van der Waals surface area contributed by atoms with E-state index in [4.69, 9.17) is 0 Å². The Morgan fingerprint density at radius 3 is 3.07 bits per heavy atom. The minimum Gasteiger partial charge on any atom is -0.364 e. The SMILES string of the molecule is Brc1cncc(N2CC3CC2CN3)c1. The minimum absolute atomic E-state index is 0.677. The summed E-state index contributed by atoms with van der Waals surface area (Å²) in [6, 6.07) is 3.52. The zero-order valence-electron chi connectivity index (χ0n) is 7.78. The summed E-state index contributed by atoms with van der Waals surface area (Å²) >= 11 is 3.46. The van der Waals surface area contributed by atoms with E-state index >= 15 is 0 Å². The summed E-state index contributed by atoms with van der Waals surface area (Å²) in [4.78, 5) is 6.66. The lowest BCUT2D eigenvalue weighted by atomic mass is 10.2. The Hall–Kier alpha value is -0.610. The molecule has 0 aromatic carbocycles. The number of aromatic nitrogens is 1. The van der Waals surface area contributed by atoms with Crippen molar-refractivity contribution >= 4 is 21.6 Å². The van der Waals surface area contributed by atoms with Crippen molar-refractivity contribution in [1.29, 1.82) is 0 Å². The van der Waals surface area contributed by atoms with E-state index in [1.54, 1.807) is 0 Å². The first-order valence-electron chi connectivity index (χ1n) is 4.93. The molecule has 1 aromatic heterocycles. The number of hydrogen-bond acceptors (Lipinski definition) is 3. The van der Waals surface area contributed by atoms with Gasteiger partial charge in [0.05, 0.1) is 11.9 Å². The van der Waals surface area contributed by atoms with Crippen molar-refractivity contribution in [2.75, 3.05) is 18.0 Å². The number of rotatable bonds is 1. The second-order valence-electron chi connectivity index (χ2n) is 4.01. The normalized spacial score (nSPS) is 29.9. The zero-order chi connectivity index (χ0) is 9.54. The quantitative estimate of drug-likeness (QED) is 0.821. The third-order valence-electron chi connectivity index (χ3n) is 3.08. The minimum atomic E-state index is 0.677. The van der Waals surface area contributed by atoms with E-state index in [9.17, 15) is 0 Å². The molecule has 74 valence electrons. The highest BCUT2D eigenvalue weighted by Gasteiger charge is 2.37. The van der Waals surface area contributed by atoms with Crippen molar-refractivity contribution in [2.24, 2.45) is 0 Å². The van der Waals surface area contributed by atoms with Crippen LogP contribution in [0.15, 0.2) is 22.9 Å². The van der Waals surface area contributed by atoms with Gasteiger partial charge in [0.2, 0.25) is 0 Å².